The van der Waals surface area contributed by atoms with E-state index in [0.717, 1.165) is 12.8 Å². The van der Waals surface area contributed by atoms with Crippen LogP contribution in [0.4, 0.5) is 0 Å². The quantitative estimate of drug-likeness (QED) is 0.632. The van der Waals surface area contributed by atoms with Crippen LogP contribution in [0.3, 0.4) is 0 Å². The second-order valence-corrected chi connectivity index (χ2v) is 5.67. The molecule has 0 aliphatic rings. The molecule has 0 radical (unpaired) electrons. The standard InChI is InChI=1S/2C4H8Cl2/c1-4(6)2-3-5;1-3-4(2,5)6/h4H,2-3H2,1H3;3H2,1-2H3. The fourth-order valence-electron chi connectivity index (χ4n) is 0.150. The highest BCUT2D eigenvalue weighted by molar-refractivity contribution is 6.48. The van der Waals surface area contributed by atoms with E-state index in [-0.39, 0.29) is 5.38 Å². The highest BCUT2D eigenvalue weighted by Crippen LogP contribution is 2.22. The third-order valence-electron chi connectivity index (χ3n) is 1.13. The molecule has 0 aromatic carbocycles. The van der Waals surface area contributed by atoms with Crippen LogP contribution in [0.1, 0.15) is 33.6 Å². The van der Waals surface area contributed by atoms with Gasteiger partial charge in [-0.3, -0.25) is 0 Å². The van der Waals surface area contributed by atoms with E-state index in [4.69, 9.17) is 46.4 Å². The van der Waals surface area contributed by atoms with Crippen molar-refractivity contribution in [2.24, 2.45) is 0 Å². The Morgan fingerprint density at radius 1 is 1.33 bits per heavy atom. The summed E-state index contributed by atoms with van der Waals surface area (Å²) in [5.41, 5.74) is 0. The van der Waals surface area contributed by atoms with Crippen LogP contribution < -0.4 is 0 Å². The average molecular weight is 254 g/mol. The Morgan fingerprint density at radius 3 is 1.67 bits per heavy atom. The van der Waals surface area contributed by atoms with Crippen molar-refractivity contribution in [2.75, 3.05) is 5.88 Å². The molecule has 0 saturated heterocycles. The van der Waals surface area contributed by atoms with Gasteiger partial charge in [0, 0.05) is 11.3 Å². The molecule has 0 saturated carbocycles. The first kappa shape index (κ1) is 15.6. The molecule has 4 heteroatoms. The Kier molecular flexibility index (Phi) is 11.4. The van der Waals surface area contributed by atoms with Crippen LogP contribution in [0.25, 0.3) is 0 Å². The maximum absolute atomic E-state index is 5.49. The first-order chi connectivity index (χ1) is 5.33. The lowest BCUT2D eigenvalue weighted by Gasteiger charge is -2.05. The van der Waals surface area contributed by atoms with Crippen LogP contribution in [-0.4, -0.2) is 15.6 Å². The highest BCUT2D eigenvalue weighted by atomic mass is 35.5. The minimum absolute atomic E-state index is 0.238. The van der Waals surface area contributed by atoms with Crippen molar-refractivity contribution in [3.63, 3.8) is 0 Å². The van der Waals surface area contributed by atoms with Gasteiger partial charge in [-0.25, -0.2) is 0 Å². The first-order valence-electron chi connectivity index (χ1n) is 3.91. The minimum atomic E-state index is -0.514. The topological polar surface area (TPSA) is 0 Å². The molecule has 0 heterocycles. The molecule has 0 nitrogen and oxygen atoms in total. The predicted molar refractivity (Wildman–Crippen MR) is 61.1 cm³/mol. The molecule has 76 valence electrons. The van der Waals surface area contributed by atoms with Gasteiger partial charge in [-0.1, -0.05) is 6.92 Å². The van der Waals surface area contributed by atoms with Crippen LogP contribution in [0.5, 0.6) is 0 Å². The Hall–Kier alpha value is 1.16. The summed E-state index contributed by atoms with van der Waals surface area (Å²) in [6.07, 6.45) is 1.71. The molecule has 0 spiro atoms. The van der Waals surface area contributed by atoms with Crippen LogP contribution in [-0.2, 0) is 0 Å². The van der Waals surface area contributed by atoms with E-state index < -0.39 is 4.33 Å². The van der Waals surface area contributed by atoms with Crippen molar-refractivity contribution in [3.8, 4) is 0 Å². The maximum Gasteiger partial charge on any atom is 0.115 e. The first-order valence-corrected chi connectivity index (χ1v) is 5.64. The highest BCUT2D eigenvalue weighted by Gasteiger charge is 2.10. The Balaban J connectivity index is 0. The second kappa shape index (κ2) is 8.74. The normalized spacial score (nSPS) is 13.2. The van der Waals surface area contributed by atoms with Gasteiger partial charge in [-0.15, -0.1) is 46.4 Å². The Bertz CT molecular complexity index is 85.5. The summed E-state index contributed by atoms with van der Waals surface area (Å²) in [6, 6.07) is 0. The summed E-state index contributed by atoms with van der Waals surface area (Å²) < 4.78 is -0.514. The van der Waals surface area contributed by atoms with Gasteiger partial charge in [0.1, 0.15) is 4.33 Å². The zero-order chi connectivity index (χ0) is 10.2. The smallest absolute Gasteiger partial charge is 0.115 e. The maximum atomic E-state index is 5.49. The summed E-state index contributed by atoms with van der Waals surface area (Å²) in [7, 11) is 0. The molecule has 0 bridgehead atoms. The minimum Gasteiger partial charge on any atom is -0.127 e. The summed E-state index contributed by atoms with van der Waals surface area (Å²) in [5, 5.41) is 0.238. The molecule has 0 amide bonds. The van der Waals surface area contributed by atoms with Gasteiger partial charge in [0.15, 0.2) is 0 Å². The van der Waals surface area contributed by atoms with E-state index in [1.807, 2.05) is 13.8 Å². The summed E-state index contributed by atoms with van der Waals surface area (Å²) in [4.78, 5) is 0. The molecule has 0 N–H and O–H groups in total. The number of rotatable bonds is 3. The van der Waals surface area contributed by atoms with Crippen molar-refractivity contribution in [1.29, 1.82) is 0 Å². The van der Waals surface area contributed by atoms with Crippen LogP contribution >= 0.6 is 46.4 Å². The van der Waals surface area contributed by atoms with Crippen molar-refractivity contribution in [1.82, 2.24) is 0 Å². The van der Waals surface area contributed by atoms with Gasteiger partial charge < -0.3 is 0 Å². The Morgan fingerprint density at radius 2 is 1.67 bits per heavy atom. The van der Waals surface area contributed by atoms with Crippen molar-refractivity contribution < 1.29 is 0 Å². The number of hydrogen-bond donors (Lipinski definition) is 0. The van der Waals surface area contributed by atoms with Crippen LogP contribution in [0, 0.1) is 0 Å². The van der Waals surface area contributed by atoms with Crippen molar-refractivity contribution in [2.45, 2.75) is 43.3 Å². The number of alkyl halides is 4. The summed E-state index contributed by atoms with van der Waals surface area (Å²) in [6.45, 7) is 5.65. The predicted octanol–water partition coefficient (Wildman–Crippen LogP) is 4.83. The number of halogens is 4. The molecule has 0 fully saturated rings. The second-order valence-electron chi connectivity index (χ2n) is 2.68. The third-order valence-corrected chi connectivity index (χ3v) is 2.10. The van der Waals surface area contributed by atoms with Gasteiger partial charge >= 0.3 is 0 Å². The van der Waals surface area contributed by atoms with Crippen molar-refractivity contribution in [3.05, 3.63) is 0 Å². The SMILES string of the molecule is CC(Cl)CCCl.CCC(C)(Cl)Cl. The van der Waals surface area contributed by atoms with Gasteiger partial charge in [0.25, 0.3) is 0 Å². The molecule has 1 unspecified atom stereocenters. The lowest BCUT2D eigenvalue weighted by atomic mass is 10.4. The van der Waals surface area contributed by atoms with E-state index in [1.165, 1.54) is 0 Å². The molecule has 0 aromatic heterocycles. The molecule has 0 aliphatic heterocycles. The lowest BCUT2D eigenvalue weighted by molar-refractivity contribution is 0.821. The zero-order valence-electron chi connectivity index (χ0n) is 7.71. The van der Waals surface area contributed by atoms with E-state index in [9.17, 15) is 0 Å². The molecule has 1 atom stereocenters. The van der Waals surface area contributed by atoms with Gasteiger partial charge in [-0.2, -0.15) is 0 Å². The largest absolute Gasteiger partial charge is 0.127 e. The Labute approximate surface area is 95.5 Å². The van der Waals surface area contributed by atoms with Crippen LogP contribution in [0.15, 0.2) is 0 Å². The molecular weight excluding hydrogens is 238 g/mol. The van der Waals surface area contributed by atoms with Gasteiger partial charge in [-0.05, 0) is 26.7 Å². The molecule has 0 aliphatic carbocycles. The summed E-state index contributed by atoms with van der Waals surface area (Å²) in [5.74, 6) is 0.671. The van der Waals surface area contributed by atoms with E-state index in [0.29, 0.717) is 5.88 Å². The zero-order valence-corrected chi connectivity index (χ0v) is 10.7. The van der Waals surface area contributed by atoms with E-state index in [1.54, 1.807) is 6.92 Å². The van der Waals surface area contributed by atoms with Gasteiger partial charge in [0.05, 0.1) is 0 Å². The molecule has 12 heavy (non-hydrogen) atoms. The molecule has 0 aromatic rings. The van der Waals surface area contributed by atoms with Crippen LogP contribution in [0.2, 0.25) is 0 Å². The van der Waals surface area contributed by atoms with E-state index in [2.05, 4.69) is 0 Å². The fraction of sp³-hybridized carbons (Fsp3) is 1.00. The average Bonchev–Trinajstić information content (AvgIpc) is 1.87. The number of hydrogen-bond acceptors (Lipinski definition) is 0. The monoisotopic (exact) mass is 252 g/mol. The lowest BCUT2D eigenvalue weighted by Crippen LogP contribution is -2.00. The summed E-state index contributed by atoms with van der Waals surface area (Å²) >= 11 is 21.8. The molecular formula is C8H16Cl4. The van der Waals surface area contributed by atoms with Gasteiger partial charge in [0.2, 0.25) is 0 Å². The fourth-order valence-corrected chi connectivity index (χ4v) is 0.698. The van der Waals surface area contributed by atoms with Crippen molar-refractivity contribution >= 4 is 46.4 Å². The molecule has 0 rings (SSSR count). The van der Waals surface area contributed by atoms with E-state index >= 15 is 0 Å². The third kappa shape index (κ3) is 22.5.